The van der Waals surface area contributed by atoms with Gasteiger partial charge in [0.1, 0.15) is 0 Å². The molecule has 0 aromatic carbocycles. The van der Waals surface area contributed by atoms with E-state index < -0.39 is 0 Å². The van der Waals surface area contributed by atoms with Gasteiger partial charge in [0, 0.05) is 25.7 Å². The fourth-order valence-electron chi connectivity index (χ4n) is 4.10. The summed E-state index contributed by atoms with van der Waals surface area (Å²) >= 11 is 0. The lowest BCUT2D eigenvalue weighted by atomic mass is 9.66. The number of nitrogens with one attached hydrogen (secondary N) is 1. The summed E-state index contributed by atoms with van der Waals surface area (Å²) < 4.78 is 11.9. The van der Waals surface area contributed by atoms with E-state index in [2.05, 4.69) is 26.1 Å². The number of methoxy groups -OCH3 is 1. The lowest BCUT2D eigenvalue weighted by Gasteiger charge is -2.50. The summed E-state index contributed by atoms with van der Waals surface area (Å²) in [4.78, 5) is 0. The third-order valence-corrected chi connectivity index (χ3v) is 5.70. The third-order valence-electron chi connectivity index (χ3n) is 5.70. The Morgan fingerprint density at radius 1 is 1.24 bits per heavy atom. The van der Waals surface area contributed by atoms with E-state index in [1.165, 1.54) is 44.9 Å². The summed E-state index contributed by atoms with van der Waals surface area (Å²) in [5, 5.41) is 3.82. The molecule has 1 saturated carbocycles. The molecule has 1 N–H and O–H groups in total. The van der Waals surface area contributed by atoms with Gasteiger partial charge < -0.3 is 14.8 Å². The summed E-state index contributed by atoms with van der Waals surface area (Å²) in [7, 11) is 1.92. The second-order valence-corrected chi connectivity index (χ2v) is 7.84. The molecule has 0 aromatic rings. The molecule has 2 unspecified atom stereocenters. The van der Waals surface area contributed by atoms with E-state index >= 15 is 0 Å². The van der Waals surface area contributed by atoms with Crippen LogP contribution in [0.3, 0.4) is 0 Å². The highest BCUT2D eigenvalue weighted by Gasteiger charge is 2.47. The average Bonchev–Trinajstić information content (AvgIpc) is 2.50. The van der Waals surface area contributed by atoms with Gasteiger partial charge in [-0.25, -0.2) is 0 Å². The second-order valence-electron chi connectivity index (χ2n) is 7.84. The topological polar surface area (TPSA) is 30.5 Å². The van der Waals surface area contributed by atoms with Crippen molar-refractivity contribution in [3.63, 3.8) is 0 Å². The molecule has 2 atom stereocenters. The molecule has 0 spiro atoms. The van der Waals surface area contributed by atoms with Crippen molar-refractivity contribution in [1.29, 1.82) is 0 Å². The molecule has 3 nitrogen and oxygen atoms in total. The van der Waals surface area contributed by atoms with Crippen molar-refractivity contribution in [1.82, 2.24) is 5.32 Å². The lowest BCUT2D eigenvalue weighted by Crippen LogP contribution is -2.59. The van der Waals surface area contributed by atoms with Gasteiger partial charge in [0.2, 0.25) is 0 Å². The molecule has 1 saturated heterocycles. The summed E-state index contributed by atoms with van der Waals surface area (Å²) in [6, 6.07) is 0.443. The normalized spacial score (nSPS) is 30.0. The van der Waals surface area contributed by atoms with E-state index in [0.29, 0.717) is 17.4 Å². The van der Waals surface area contributed by atoms with Gasteiger partial charge in [0.05, 0.1) is 12.2 Å². The Morgan fingerprint density at radius 2 is 1.95 bits per heavy atom. The molecular weight excluding hydrogens is 262 g/mol. The van der Waals surface area contributed by atoms with E-state index in [1.807, 2.05) is 7.11 Å². The fourth-order valence-corrected chi connectivity index (χ4v) is 4.10. The number of hydrogen-bond acceptors (Lipinski definition) is 3. The van der Waals surface area contributed by atoms with Crippen molar-refractivity contribution >= 4 is 0 Å². The van der Waals surface area contributed by atoms with Gasteiger partial charge in [-0.05, 0) is 56.9 Å². The first kappa shape index (κ1) is 17.2. The fraction of sp³-hybridized carbons (Fsp3) is 1.00. The van der Waals surface area contributed by atoms with Crippen LogP contribution < -0.4 is 5.32 Å². The molecule has 0 radical (unpaired) electrons. The maximum absolute atomic E-state index is 6.17. The predicted molar refractivity (Wildman–Crippen MR) is 87.6 cm³/mol. The van der Waals surface area contributed by atoms with Crippen LogP contribution in [-0.2, 0) is 9.47 Å². The Morgan fingerprint density at radius 3 is 2.48 bits per heavy atom. The molecule has 21 heavy (non-hydrogen) atoms. The SMILES string of the molecule is CCCNC(C1CCCOC1)C1(OC)CCC(C)(C)CC1. The van der Waals surface area contributed by atoms with Crippen molar-refractivity contribution in [3.05, 3.63) is 0 Å². The molecule has 124 valence electrons. The van der Waals surface area contributed by atoms with Gasteiger partial charge in [-0.2, -0.15) is 0 Å². The molecule has 2 fully saturated rings. The highest BCUT2D eigenvalue weighted by atomic mass is 16.5. The Labute approximate surface area is 131 Å². The van der Waals surface area contributed by atoms with Crippen LogP contribution in [0.25, 0.3) is 0 Å². The summed E-state index contributed by atoms with van der Waals surface area (Å²) in [6.45, 7) is 9.94. The van der Waals surface area contributed by atoms with E-state index in [0.717, 1.165) is 19.8 Å². The Hall–Kier alpha value is -0.120. The van der Waals surface area contributed by atoms with Gasteiger partial charge in [-0.3, -0.25) is 0 Å². The van der Waals surface area contributed by atoms with E-state index in [1.54, 1.807) is 0 Å². The minimum absolute atomic E-state index is 0.00998. The number of ether oxygens (including phenoxy) is 2. The Balaban J connectivity index is 2.11. The Kier molecular flexibility index (Phi) is 6.10. The molecule has 1 aliphatic carbocycles. The van der Waals surface area contributed by atoms with Crippen molar-refractivity contribution < 1.29 is 9.47 Å². The minimum Gasteiger partial charge on any atom is -0.381 e. The Bertz CT molecular complexity index is 300. The highest BCUT2D eigenvalue weighted by Crippen LogP contribution is 2.45. The molecule has 1 heterocycles. The molecule has 0 bridgehead atoms. The van der Waals surface area contributed by atoms with Gasteiger partial charge in [-0.1, -0.05) is 20.8 Å². The molecule has 0 aromatic heterocycles. The van der Waals surface area contributed by atoms with E-state index in [-0.39, 0.29) is 5.60 Å². The predicted octanol–water partition coefficient (Wildman–Crippen LogP) is 3.77. The van der Waals surface area contributed by atoms with Crippen LogP contribution >= 0.6 is 0 Å². The maximum atomic E-state index is 6.17. The third kappa shape index (κ3) is 4.20. The van der Waals surface area contributed by atoms with Crippen LogP contribution in [0.1, 0.15) is 65.7 Å². The van der Waals surface area contributed by atoms with Gasteiger partial charge in [0.25, 0.3) is 0 Å². The van der Waals surface area contributed by atoms with Gasteiger partial charge in [-0.15, -0.1) is 0 Å². The maximum Gasteiger partial charge on any atom is 0.0834 e. The number of hydrogen-bond donors (Lipinski definition) is 1. The largest absolute Gasteiger partial charge is 0.381 e. The standard InChI is InChI=1S/C18H35NO2/c1-5-12-19-16(15-7-6-13-21-14-15)18(20-4)10-8-17(2,3)9-11-18/h15-16,19H,5-14H2,1-4H3. The zero-order valence-electron chi connectivity index (χ0n) is 14.5. The first-order valence-corrected chi connectivity index (χ1v) is 8.89. The molecular formula is C18H35NO2. The summed E-state index contributed by atoms with van der Waals surface area (Å²) in [5.41, 5.74) is 0.483. The van der Waals surface area contributed by atoms with Crippen molar-refractivity contribution in [2.75, 3.05) is 26.9 Å². The molecule has 1 aliphatic heterocycles. The van der Waals surface area contributed by atoms with Crippen LogP contribution in [-0.4, -0.2) is 38.5 Å². The zero-order valence-corrected chi connectivity index (χ0v) is 14.5. The van der Waals surface area contributed by atoms with E-state index in [9.17, 15) is 0 Å². The van der Waals surface area contributed by atoms with Crippen LogP contribution in [0.4, 0.5) is 0 Å². The average molecular weight is 297 g/mol. The highest BCUT2D eigenvalue weighted by molar-refractivity contribution is 5.01. The van der Waals surface area contributed by atoms with Crippen molar-refractivity contribution in [3.8, 4) is 0 Å². The molecule has 3 heteroatoms. The van der Waals surface area contributed by atoms with Crippen molar-refractivity contribution in [2.45, 2.75) is 77.4 Å². The van der Waals surface area contributed by atoms with Crippen LogP contribution in [0.15, 0.2) is 0 Å². The zero-order chi connectivity index (χ0) is 15.3. The van der Waals surface area contributed by atoms with E-state index in [4.69, 9.17) is 9.47 Å². The van der Waals surface area contributed by atoms with Crippen LogP contribution in [0.2, 0.25) is 0 Å². The second kappa shape index (κ2) is 7.43. The first-order valence-electron chi connectivity index (χ1n) is 8.89. The first-order chi connectivity index (χ1) is 10.0. The lowest BCUT2D eigenvalue weighted by molar-refractivity contribution is -0.112. The minimum atomic E-state index is 0.00998. The van der Waals surface area contributed by atoms with Gasteiger partial charge >= 0.3 is 0 Å². The quantitative estimate of drug-likeness (QED) is 0.809. The summed E-state index contributed by atoms with van der Waals surface area (Å²) in [5.74, 6) is 0.603. The molecule has 2 rings (SSSR count). The summed E-state index contributed by atoms with van der Waals surface area (Å²) in [6.07, 6.45) is 8.52. The molecule has 2 aliphatic rings. The van der Waals surface area contributed by atoms with Crippen LogP contribution in [0.5, 0.6) is 0 Å². The monoisotopic (exact) mass is 297 g/mol. The number of rotatable bonds is 6. The molecule has 0 amide bonds. The van der Waals surface area contributed by atoms with Gasteiger partial charge in [0.15, 0.2) is 0 Å². The van der Waals surface area contributed by atoms with Crippen LogP contribution in [0, 0.1) is 11.3 Å². The smallest absolute Gasteiger partial charge is 0.0834 e. The van der Waals surface area contributed by atoms with Crippen molar-refractivity contribution in [2.24, 2.45) is 11.3 Å².